The minimum Gasteiger partial charge on any atom is -0.322 e. The number of carbonyl (C=O) groups is 1. The summed E-state index contributed by atoms with van der Waals surface area (Å²) in [5.74, 6) is -1.19. The summed E-state index contributed by atoms with van der Waals surface area (Å²) < 4.78 is 27.0. The molecule has 0 bridgehead atoms. The van der Waals surface area contributed by atoms with Crippen LogP contribution in [0.25, 0.3) is 23.1 Å². The standard InChI is InChI=1S/C18H16F2N4O/c1-21-10-18(25)22-17-8-13-15(23-24-16(13)9-14(17)20)7-4-11-2-5-12(19)6-3-11/h2-9,21H,10H2,1H3,(H,22,25)(H,23,24). The zero-order valence-corrected chi connectivity index (χ0v) is 13.4. The highest BCUT2D eigenvalue weighted by Crippen LogP contribution is 2.25. The molecule has 1 heterocycles. The molecule has 0 saturated heterocycles. The van der Waals surface area contributed by atoms with Gasteiger partial charge in [-0.05, 0) is 36.9 Å². The quantitative estimate of drug-likeness (QED) is 0.667. The monoisotopic (exact) mass is 342 g/mol. The smallest absolute Gasteiger partial charge is 0.238 e. The van der Waals surface area contributed by atoms with Crippen LogP contribution in [0.2, 0.25) is 0 Å². The van der Waals surface area contributed by atoms with Crippen molar-refractivity contribution < 1.29 is 13.6 Å². The number of fused-ring (bicyclic) bond motifs is 1. The topological polar surface area (TPSA) is 69.8 Å². The lowest BCUT2D eigenvalue weighted by Gasteiger charge is -2.06. The average Bonchev–Trinajstić information content (AvgIpc) is 2.97. The van der Waals surface area contributed by atoms with E-state index in [1.54, 1.807) is 31.3 Å². The highest BCUT2D eigenvalue weighted by Gasteiger charge is 2.11. The van der Waals surface area contributed by atoms with Gasteiger partial charge in [-0.1, -0.05) is 18.2 Å². The molecule has 128 valence electrons. The number of halogens is 2. The largest absolute Gasteiger partial charge is 0.322 e. The summed E-state index contributed by atoms with van der Waals surface area (Å²) >= 11 is 0. The maximum absolute atomic E-state index is 14.1. The van der Waals surface area contributed by atoms with Crippen molar-refractivity contribution in [3.63, 3.8) is 0 Å². The van der Waals surface area contributed by atoms with Crippen LogP contribution in [0.4, 0.5) is 14.5 Å². The first-order valence-corrected chi connectivity index (χ1v) is 7.62. The summed E-state index contributed by atoms with van der Waals surface area (Å²) in [7, 11) is 1.63. The number of rotatable bonds is 5. The molecule has 0 aliphatic carbocycles. The van der Waals surface area contributed by atoms with E-state index in [1.807, 2.05) is 0 Å². The Balaban J connectivity index is 1.91. The molecule has 0 aliphatic rings. The fraction of sp³-hybridized carbons (Fsp3) is 0.111. The molecule has 2 aromatic carbocycles. The highest BCUT2D eigenvalue weighted by molar-refractivity contribution is 5.97. The SMILES string of the molecule is CNCC(=O)Nc1cc2c(C=Cc3ccc(F)cc3)n[nH]c2cc1F. The van der Waals surface area contributed by atoms with Crippen molar-refractivity contribution in [2.75, 3.05) is 18.9 Å². The number of aromatic nitrogens is 2. The summed E-state index contributed by atoms with van der Waals surface area (Å²) in [6, 6.07) is 8.84. The van der Waals surface area contributed by atoms with Gasteiger partial charge in [-0.3, -0.25) is 9.89 Å². The van der Waals surface area contributed by atoms with E-state index in [9.17, 15) is 13.6 Å². The Hall–Kier alpha value is -3.06. The molecule has 0 aliphatic heterocycles. The van der Waals surface area contributed by atoms with Crippen LogP contribution < -0.4 is 10.6 Å². The number of benzene rings is 2. The van der Waals surface area contributed by atoms with Gasteiger partial charge in [-0.2, -0.15) is 5.10 Å². The lowest BCUT2D eigenvalue weighted by atomic mass is 10.1. The summed E-state index contributed by atoms with van der Waals surface area (Å²) in [5, 5.41) is 12.8. The lowest BCUT2D eigenvalue weighted by molar-refractivity contribution is -0.115. The first-order valence-electron chi connectivity index (χ1n) is 7.62. The third-order valence-corrected chi connectivity index (χ3v) is 3.60. The number of anilines is 1. The molecule has 5 nitrogen and oxygen atoms in total. The predicted octanol–water partition coefficient (Wildman–Crippen LogP) is 3.17. The molecule has 25 heavy (non-hydrogen) atoms. The van der Waals surface area contributed by atoms with E-state index in [-0.39, 0.29) is 24.0 Å². The fourth-order valence-electron chi connectivity index (χ4n) is 2.39. The fourth-order valence-corrected chi connectivity index (χ4v) is 2.39. The van der Waals surface area contributed by atoms with E-state index in [0.29, 0.717) is 16.6 Å². The van der Waals surface area contributed by atoms with Crippen LogP contribution in [-0.2, 0) is 4.79 Å². The number of likely N-dealkylation sites (N-methyl/N-ethyl adjacent to an activating group) is 1. The second kappa shape index (κ2) is 7.23. The Bertz CT molecular complexity index is 932. The van der Waals surface area contributed by atoms with Crippen molar-refractivity contribution in [2.24, 2.45) is 0 Å². The first kappa shape index (κ1) is 16.8. The molecule has 3 rings (SSSR count). The number of amides is 1. The molecule has 0 radical (unpaired) electrons. The molecule has 0 spiro atoms. The van der Waals surface area contributed by atoms with Gasteiger partial charge in [0.25, 0.3) is 0 Å². The van der Waals surface area contributed by atoms with E-state index in [0.717, 1.165) is 5.56 Å². The Morgan fingerprint density at radius 1 is 1.20 bits per heavy atom. The molecular weight excluding hydrogens is 326 g/mol. The minimum absolute atomic E-state index is 0.0835. The van der Waals surface area contributed by atoms with Crippen LogP contribution in [0.5, 0.6) is 0 Å². The second-order valence-electron chi connectivity index (χ2n) is 5.45. The van der Waals surface area contributed by atoms with E-state index in [1.165, 1.54) is 24.3 Å². The summed E-state index contributed by atoms with van der Waals surface area (Å²) in [6.45, 7) is 0.0835. The van der Waals surface area contributed by atoms with Crippen LogP contribution in [0, 0.1) is 11.6 Å². The van der Waals surface area contributed by atoms with E-state index in [4.69, 9.17) is 0 Å². The van der Waals surface area contributed by atoms with Crippen LogP contribution in [0.1, 0.15) is 11.3 Å². The van der Waals surface area contributed by atoms with Crippen molar-refractivity contribution in [1.82, 2.24) is 15.5 Å². The van der Waals surface area contributed by atoms with Crippen LogP contribution in [0.3, 0.4) is 0 Å². The molecule has 0 atom stereocenters. The van der Waals surface area contributed by atoms with Gasteiger partial charge in [0.15, 0.2) is 0 Å². The van der Waals surface area contributed by atoms with E-state index >= 15 is 0 Å². The van der Waals surface area contributed by atoms with Crippen LogP contribution in [-0.4, -0.2) is 29.7 Å². The number of hydrogen-bond donors (Lipinski definition) is 3. The van der Waals surface area contributed by atoms with Crippen molar-refractivity contribution in [1.29, 1.82) is 0 Å². The zero-order valence-electron chi connectivity index (χ0n) is 13.4. The number of H-pyrrole nitrogens is 1. The first-order chi connectivity index (χ1) is 12.1. The summed E-state index contributed by atoms with van der Waals surface area (Å²) in [6.07, 6.45) is 3.51. The van der Waals surface area contributed by atoms with Crippen molar-refractivity contribution in [3.05, 3.63) is 59.3 Å². The van der Waals surface area contributed by atoms with Gasteiger partial charge in [0.1, 0.15) is 11.6 Å². The Kier molecular flexibility index (Phi) is 4.85. The highest BCUT2D eigenvalue weighted by atomic mass is 19.1. The van der Waals surface area contributed by atoms with Gasteiger partial charge >= 0.3 is 0 Å². The number of aromatic amines is 1. The third-order valence-electron chi connectivity index (χ3n) is 3.60. The molecule has 7 heteroatoms. The van der Waals surface area contributed by atoms with Crippen LogP contribution in [0.15, 0.2) is 36.4 Å². The molecule has 0 saturated carbocycles. The predicted molar refractivity (Wildman–Crippen MR) is 93.9 cm³/mol. The Morgan fingerprint density at radius 2 is 1.96 bits per heavy atom. The Morgan fingerprint density at radius 3 is 2.68 bits per heavy atom. The van der Waals surface area contributed by atoms with Crippen molar-refractivity contribution in [2.45, 2.75) is 0 Å². The van der Waals surface area contributed by atoms with Gasteiger partial charge in [-0.15, -0.1) is 0 Å². The van der Waals surface area contributed by atoms with Gasteiger partial charge in [0.05, 0.1) is 23.4 Å². The zero-order chi connectivity index (χ0) is 17.8. The second-order valence-corrected chi connectivity index (χ2v) is 5.45. The molecule has 0 unspecified atom stereocenters. The lowest BCUT2D eigenvalue weighted by Crippen LogP contribution is -2.25. The molecule has 1 aromatic heterocycles. The number of nitrogens with zero attached hydrogens (tertiary/aromatic N) is 1. The van der Waals surface area contributed by atoms with Crippen LogP contribution >= 0.6 is 0 Å². The molecule has 0 fully saturated rings. The maximum atomic E-state index is 14.1. The molecule has 1 amide bonds. The Labute approximate surface area is 142 Å². The van der Waals surface area contributed by atoms with Gasteiger partial charge in [0.2, 0.25) is 5.91 Å². The average molecular weight is 342 g/mol. The number of carbonyl (C=O) groups excluding carboxylic acids is 1. The van der Waals surface area contributed by atoms with Gasteiger partial charge in [0, 0.05) is 11.5 Å². The summed E-state index contributed by atoms with van der Waals surface area (Å²) in [5.41, 5.74) is 2.00. The van der Waals surface area contributed by atoms with Crippen molar-refractivity contribution >= 4 is 34.6 Å². The summed E-state index contributed by atoms with van der Waals surface area (Å²) in [4.78, 5) is 11.7. The third kappa shape index (κ3) is 3.89. The van der Waals surface area contributed by atoms with E-state index < -0.39 is 5.82 Å². The normalized spacial score (nSPS) is 11.3. The molecular formula is C18H16F2N4O. The molecule has 3 aromatic rings. The van der Waals surface area contributed by atoms with E-state index in [2.05, 4.69) is 20.8 Å². The number of hydrogen-bond acceptors (Lipinski definition) is 3. The molecule has 3 N–H and O–H groups in total. The number of nitrogens with one attached hydrogen (secondary N) is 3. The van der Waals surface area contributed by atoms with Crippen molar-refractivity contribution in [3.8, 4) is 0 Å². The minimum atomic E-state index is -0.547. The maximum Gasteiger partial charge on any atom is 0.238 e. The van der Waals surface area contributed by atoms with Gasteiger partial charge < -0.3 is 10.6 Å². The van der Waals surface area contributed by atoms with Gasteiger partial charge in [-0.25, -0.2) is 8.78 Å².